The van der Waals surface area contributed by atoms with Crippen LogP contribution in [0.5, 0.6) is 0 Å². The summed E-state index contributed by atoms with van der Waals surface area (Å²) in [5.41, 5.74) is -0.909. The topological polar surface area (TPSA) is 140 Å². The van der Waals surface area contributed by atoms with Crippen LogP contribution < -0.4 is 0 Å². The van der Waals surface area contributed by atoms with E-state index < -0.39 is 5.60 Å². The Balaban J connectivity index is -0.0000000410. The molecule has 0 unspecified atom stereocenters. The Hall–Kier alpha value is -0.737. The van der Waals surface area contributed by atoms with E-state index in [1.807, 2.05) is 0 Å². The van der Waals surface area contributed by atoms with Gasteiger partial charge in [-0.15, -0.1) is 17.5 Å². The second-order valence-electron chi connectivity index (χ2n) is 4.04. The van der Waals surface area contributed by atoms with Crippen molar-refractivity contribution in [2.75, 3.05) is 0 Å². The molecular weight excluding hydrogens is 482 g/mol. The number of halogens is 1. The van der Waals surface area contributed by atoms with Gasteiger partial charge in [0.1, 0.15) is 5.60 Å². The molecule has 0 aromatic carbocycles. The Morgan fingerprint density at radius 3 is 1.61 bits per heavy atom. The Morgan fingerprint density at radius 2 is 1.29 bits per heavy atom. The van der Waals surface area contributed by atoms with Gasteiger partial charge in [0.25, 0.3) is 0 Å². The molecule has 10 heteroatoms. The second kappa shape index (κ2) is 56.2. The van der Waals surface area contributed by atoms with E-state index in [4.69, 9.17) is 39.5 Å². The fourth-order valence-corrected chi connectivity index (χ4v) is 2.05. The summed E-state index contributed by atoms with van der Waals surface area (Å²) in [5.74, 6) is 6.00. The summed E-state index contributed by atoms with van der Waals surface area (Å²) >= 11 is 6.08. The molecule has 0 heterocycles. The van der Waals surface area contributed by atoms with Crippen LogP contribution in [0.3, 0.4) is 0 Å². The standard InChI is InChI=1S/C12H19ClO.6CO.2Co/c1-2-3-4-6-9-12(14)10-7-5-8-11(12)13;6*1-2;;/h11,14H,2-5,7-8,10H2,1H3;;;;;;;;/t11-,12+;;;;;;;;/m0......../s1. The molecule has 1 saturated carbocycles. The van der Waals surface area contributed by atoms with Crippen molar-refractivity contribution in [2.24, 2.45) is 0 Å². The third-order valence-electron chi connectivity index (χ3n) is 2.74. The van der Waals surface area contributed by atoms with Crippen molar-refractivity contribution < 1.29 is 66.6 Å². The second-order valence-corrected chi connectivity index (χ2v) is 4.57. The zero-order chi connectivity index (χ0) is 22.4. The molecular formula is C18H19ClCo2O7. The van der Waals surface area contributed by atoms with Gasteiger partial charge in [0, 0.05) is 40.0 Å². The van der Waals surface area contributed by atoms with Crippen molar-refractivity contribution in [1.82, 2.24) is 0 Å². The predicted molar refractivity (Wildman–Crippen MR) is 83.9 cm³/mol. The zero-order valence-electron chi connectivity index (χ0n) is 15.0. The zero-order valence-corrected chi connectivity index (χ0v) is 17.8. The molecule has 0 spiro atoms. The van der Waals surface area contributed by atoms with Crippen LogP contribution in [0.1, 0.15) is 51.9 Å². The number of hydrogen-bond donors (Lipinski definition) is 1. The van der Waals surface area contributed by atoms with Crippen molar-refractivity contribution in [1.29, 1.82) is 0 Å². The Labute approximate surface area is 192 Å². The van der Waals surface area contributed by atoms with Crippen LogP contribution in [-0.4, -0.2) is 16.1 Å². The van der Waals surface area contributed by atoms with Gasteiger partial charge < -0.3 is 5.11 Å². The Kier molecular flexibility index (Phi) is 102. The van der Waals surface area contributed by atoms with E-state index in [0.29, 0.717) is 0 Å². The van der Waals surface area contributed by atoms with E-state index in [2.05, 4.69) is 58.7 Å². The molecule has 0 aromatic rings. The first-order valence-corrected chi connectivity index (χ1v) is 7.21. The number of alkyl halides is 1. The summed E-state index contributed by atoms with van der Waals surface area (Å²) in [7, 11) is 0. The smallest absolute Gasteiger partial charge is 0 e. The van der Waals surface area contributed by atoms with Gasteiger partial charge in [0.15, 0.2) is 0 Å². The van der Waals surface area contributed by atoms with Crippen molar-refractivity contribution in [3.8, 4) is 11.8 Å². The van der Waals surface area contributed by atoms with E-state index in [1.54, 1.807) is 0 Å². The minimum atomic E-state index is -0.909. The molecule has 0 bridgehead atoms. The molecule has 0 aromatic heterocycles. The van der Waals surface area contributed by atoms with Crippen molar-refractivity contribution in [3.05, 3.63) is 39.9 Å². The molecule has 0 saturated heterocycles. The summed E-state index contributed by atoms with van der Waals surface area (Å²) in [6, 6.07) is 0. The molecule has 7 nitrogen and oxygen atoms in total. The van der Waals surface area contributed by atoms with Gasteiger partial charge >= 0.3 is 67.8 Å². The molecule has 0 aliphatic heterocycles. The first-order valence-electron chi connectivity index (χ1n) is 6.78. The van der Waals surface area contributed by atoms with E-state index in [1.165, 1.54) is 0 Å². The number of aliphatic hydroxyl groups is 1. The van der Waals surface area contributed by atoms with Crippen LogP contribution in [0.15, 0.2) is 0 Å². The maximum Gasteiger partial charge on any atom is 0 e. The monoisotopic (exact) mass is 500 g/mol. The van der Waals surface area contributed by atoms with Gasteiger partial charge in [-0.3, -0.25) is 0 Å². The summed E-state index contributed by atoms with van der Waals surface area (Å²) in [5, 5.41) is 9.96. The van der Waals surface area contributed by atoms with Crippen molar-refractivity contribution in [2.45, 2.75) is 62.8 Å². The molecule has 28 heavy (non-hydrogen) atoms. The molecule has 1 aliphatic carbocycles. The quantitative estimate of drug-likeness (QED) is 0.201. The summed E-state index contributed by atoms with van der Waals surface area (Å²) in [4.78, 5) is 0. The Morgan fingerprint density at radius 1 is 0.893 bits per heavy atom. The van der Waals surface area contributed by atoms with Gasteiger partial charge in [-0.2, -0.15) is 0 Å². The van der Waals surface area contributed by atoms with Gasteiger partial charge in [-0.05, 0) is 25.7 Å². The fourth-order valence-electron chi connectivity index (χ4n) is 1.73. The van der Waals surface area contributed by atoms with Crippen LogP contribution in [-0.2, 0) is 61.5 Å². The average molecular weight is 501 g/mol. The largest absolute Gasteiger partial charge is 0 e. The van der Waals surface area contributed by atoms with Crippen LogP contribution in [0.2, 0.25) is 0 Å². The normalized spacial score (nSPS) is 16.5. The first kappa shape index (κ1) is 50.7. The van der Waals surface area contributed by atoms with Crippen molar-refractivity contribution >= 4 is 11.6 Å². The maximum absolute atomic E-state index is 10.1. The minimum Gasteiger partial charge on any atom is 0 e. The maximum atomic E-state index is 10.1. The first-order chi connectivity index (χ1) is 12.7. The van der Waals surface area contributed by atoms with E-state index >= 15 is 0 Å². The fraction of sp³-hybridized carbons (Fsp3) is 0.556. The van der Waals surface area contributed by atoms with Gasteiger partial charge in [-0.25, -0.2) is 0 Å². The van der Waals surface area contributed by atoms with Gasteiger partial charge in [0.2, 0.25) is 0 Å². The third-order valence-corrected chi connectivity index (χ3v) is 3.32. The predicted octanol–water partition coefficient (Wildman–Crippen LogP) is 2.86. The molecule has 1 fully saturated rings. The molecule has 2 atom stereocenters. The van der Waals surface area contributed by atoms with Crippen LogP contribution in [0, 0.1) is 51.7 Å². The minimum absolute atomic E-state index is 0. The molecule has 1 rings (SSSR count). The summed E-state index contributed by atoms with van der Waals surface area (Å²) in [6.45, 7) is 29.1. The number of unbranched alkanes of at least 4 members (excludes halogenated alkanes) is 2. The molecule has 1 aliphatic rings. The molecule has 1 N–H and O–H groups in total. The Bertz CT molecular complexity index is 415. The molecule has 0 amide bonds. The summed E-state index contributed by atoms with van der Waals surface area (Å²) < 4.78 is 45.0. The summed E-state index contributed by atoms with van der Waals surface area (Å²) in [6.07, 6.45) is 6.92. The molecule has 2 radical (unpaired) electrons. The van der Waals surface area contributed by atoms with Crippen LogP contribution in [0.4, 0.5) is 0 Å². The van der Waals surface area contributed by atoms with Crippen molar-refractivity contribution in [3.63, 3.8) is 0 Å². The average Bonchev–Trinajstić information content (AvgIpc) is 2.77. The SMILES string of the molecule is CCCCC#C[C@@]1(O)CCCC[C@@H]1Cl.[C-]#[O+].[C-]#[O+].[C-]#[O+].[C-]#[O+].[C-]#[O+].[C-]#[O+].[Co].[Co]. The van der Waals surface area contributed by atoms with E-state index in [9.17, 15) is 5.11 Å². The van der Waals surface area contributed by atoms with Gasteiger partial charge in [-0.1, -0.05) is 25.7 Å². The molecule has 158 valence electrons. The van der Waals surface area contributed by atoms with Gasteiger partial charge in [0.05, 0.1) is 5.38 Å². The van der Waals surface area contributed by atoms with Crippen LogP contribution in [0.25, 0.3) is 0 Å². The third kappa shape index (κ3) is 36.2. The van der Waals surface area contributed by atoms with Crippen LogP contribution >= 0.6 is 11.6 Å². The number of rotatable bonds is 2. The van der Waals surface area contributed by atoms with E-state index in [-0.39, 0.29) is 38.9 Å². The number of hydrogen-bond acceptors (Lipinski definition) is 1. The van der Waals surface area contributed by atoms with E-state index in [0.717, 1.165) is 44.9 Å².